The molecule has 14 heavy (non-hydrogen) atoms. The molecule has 0 atom stereocenters. The Morgan fingerprint density at radius 1 is 1.29 bits per heavy atom. The second-order valence-electron chi connectivity index (χ2n) is 2.52. The highest BCUT2D eigenvalue weighted by atomic mass is 19.1. The molecular formula is C10H7FO3. The Morgan fingerprint density at radius 2 is 1.93 bits per heavy atom. The summed E-state index contributed by atoms with van der Waals surface area (Å²) < 4.78 is 12.9. The maximum atomic E-state index is 12.9. The number of carbonyl (C=O) groups excluding carboxylic acids is 1. The summed E-state index contributed by atoms with van der Waals surface area (Å²) in [5, 5.41) is 8.23. The standard InChI is InChI=1S/C10H7FO3/c11-8-4-2-1-3-7(8)5-6-9(12)10(13)14/h1-6H,(H,13,14)/b6-5+. The number of carbonyl (C=O) groups is 2. The summed E-state index contributed by atoms with van der Waals surface area (Å²) in [6.07, 6.45) is 1.95. The van der Waals surface area contributed by atoms with Crippen molar-refractivity contribution in [2.75, 3.05) is 0 Å². The van der Waals surface area contributed by atoms with Crippen molar-refractivity contribution in [3.05, 3.63) is 41.7 Å². The van der Waals surface area contributed by atoms with Gasteiger partial charge in [-0.05, 0) is 18.2 Å². The molecule has 0 aromatic heterocycles. The van der Waals surface area contributed by atoms with Crippen LogP contribution in [0.25, 0.3) is 6.08 Å². The number of benzene rings is 1. The minimum Gasteiger partial charge on any atom is -0.475 e. The van der Waals surface area contributed by atoms with Crippen LogP contribution < -0.4 is 0 Å². The number of hydrogen-bond acceptors (Lipinski definition) is 2. The van der Waals surface area contributed by atoms with Gasteiger partial charge in [0.1, 0.15) is 5.82 Å². The molecule has 72 valence electrons. The molecule has 1 N–H and O–H groups in total. The van der Waals surface area contributed by atoms with Crippen molar-refractivity contribution in [3.63, 3.8) is 0 Å². The van der Waals surface area contributed by atoms with Gasteiger partial charge in [0.05, 0.1) is 0 Å². The summed E-state index contributed by atoms with van der Waals surface area (Å²) in [7, 11) is 0. The first kappa shape index (κ1) is 10.1. The maximum Gasteiger partial charge on any atom is 0.376 e. The number of hydrogen-bond donors (Lipinski definition) is 1. The Hall–Kier alpha value is -1.97. The van der Waals surface area contributed by atoms with Gasteiger partial charge in [0.15, 0.2) is 0 Å². The van der Waals surface area contributed by atoms with Crippen molar-refractivity contribution < 1.29 is 19.1 Å². The van der Waals surface area contributed by atoms with Gasteiger partial charge >= 0.3 is 5.97 Å². The van der Waals surface area contributed by atoms with E-state index in [-0.39, 0.29) is 5.56 Å². The summed E-state index contributed by atoms with van der Waals surface area (Å²) in [5.74, 6) is -3.13. The first-order valence-electron chi connectivity index (χ1n) is 3.81. The number of halogens is 1. The van der Waals surface area contributed by atoms with Gasteiger partial charge in [0.2, 0.25) is 0 Å². The van der Waals surface area contributed by atoms with Gasteiger partial charge < -0.3 is 5.11 Å². The van der Waals surface area contributed by atoms with Gasteiger partial charge in [0, 0.05) is 5.56 Å². The lowest BCUT2D eigenvalue weighted by atomic mass is 10.2. The van der Waals surface area contributed by atoms with Gasteiger partial charge in [0.25, 0.3) is 5.78 Å². The predicted octanol–water partition coefficient (Wildman–Crippen LogP) is 1.49. The fourth-order valence-electron chi connectivity index (χ4n) is 0.847. The highest BCUT2D eigenvalue weighted by Crippen LogP contribution is 2.07. The molecule has 0 aliphatic rings. The highest BCUT2D eigenvalue weighted by molar-refractivity contribution is 6.38. The minimum atomic E-state index is -1.56. The summed E-state index contributed by atoms with van der Waals surface area (Å²) in [4.78, 5) is 20.7. The second kappa shape index (κ2) is 4.32. The Balaban J connectivity index is 2.84. The van der Waals surface area contributed by atoms with Crippen LogP contribution in [0.5, 0.6) is 0 Å². The molecule has 1 aromatic rings. The van der Waals surface area contributed by atoms with Crippen molar-refractivity contribution in [2.24, 2.45) is 0 Å². The van der Waals surface area contributed by atoms with Crippen LogP contribution in [-0.2, 0) is 9.59 Å². The zero-order chi connectivity index (χ0) is 10.6. The number of carboxylic acid groups (broad SMARTS) is 1. The molecule has 1 rings (SSSR count). The smallest absolute Gasteiger partial charge is 0.376 e. The number of rotatable bonds is 3. The fourth-order valence-corrected chi connectivity index (χ4v) is 0.847. The summed E-state index contributed by atoms with van der Waals surface area (Å²) in [5.41, 5.74) is 0.183. The molecule has 0 fully saturated rings. The van der Waals surface area contributed by atoms with E-state index >= 15 is 0 Å². The van der Waals surface area contributed by atoms with Crippen LogP contribution in [0, 0.1) is 5.82 Å². The number of aliphatic carboxylic acids is 1. The molecule has 0 saturated heterocycles. The van der Waals surface area contributed by atoms with E-state index in [2.05, 4.69) is 0 Å². The number of carboxylic acids is 1. The minimum absolute atomic E-state index is 0.183. The van der Waals surface area contributed by atoms with E-state index in [4.69, 9.17) is 5.11 Å². The van der Waals surface area contributed by atoms with Crippen LogP contribution in [0.2, 0.25) is 0 Å². The molecule has 0 amide bonds. The first-order valence-corrected chi connectivity index (χ1v) is 3.81. The zero-order valence-electron chi connectivity index (χ0n) is 7.11. The van der Waals surface area contributed by atoms with Crippen LogP contribution in [0.1, 0.15) is 5.56 Å². The van der Waals surface area contributed by atoms with Gasteiger partial charge in [-0.25, -0.2) is 9.18 Å². The van der Waals surface area contributed by atoms with Crippen molar-refractivity contribution in [2.45, 2.75) is 0 Å². The van der Waals surface area contributed by atoms with Crippen LogP contribution in [-0.4, -0.2) is 16.9 Å². The van der Waals surface area contributed by atoms with Crippen LogP contribution in [0.3, 0.4) is 0 Å². The van der Waals surface area contributed by atoms with Gasteiger partial charge in [-0.15, -0.1) is 0 Å². The third-order valence-electron chi connectivity index (χ3n) is 1.53. The topological polar surface area (TPSA) is 54.4 Å². The number of ketones is 1. The molecule has 1 aromatic carbocycles. The third-order valence-corrected chi connectivity index (χ3v) is 1.53. The van der Waals surface area contributed by atoms with Crippen LogP contribution >= 0.6 is 0 Å². The van der Waals surface area contributed by atoms with Crippen molar-refractivity contribution in [1.29, 1.82) is 0 Å². The molecule has 0 aliphatic heterocycles. The Bertz CT molecular complexity index is 396. The molecule has 0 saturated carbocycles. The average Bonchev–Trinajstić information content (AvgIpc) is 2.16. The molecule has 3 nitrogen and oxygen atoms in total. The Kier molecular flexibility index (Phi) is 3.12. The molecule has 0 radical (unpaired) electrons. The van der Waals surface area contributed by atoms with E-state index in [1.807, 2.05) is 0 Å². The zero-order valence-corrected chi connectivity index (χ0v) is 7.11. The van der Waals surface area contributed by atoms with Gasteiger partial charge in [-0.2, -0.15) is 0 Å². The lowest BCUT2D eigenvalue weighted by molar-refractivity contribution is -0.146. The molecule has 0 heterocycles. The fraction of sp³-hybridized carbons (Fsp3) is 0. The average molecular weight is 194 g/mol. The van der Waals surface area contributed by atoms with E-state index < -0.39 is 17.6 Å². The van der Waals surface area contributed by atoms with Crippen LogP contribution in [0.15, 0.2) is 30.3 Å². The lowest BCUT2D eigenvalue weighted by Gasteiger charge is -1.93. The maximum absolute atomic E-state index is 12.9. The molecule has 4 heteroatoms. The van der Waals surface area contributed by atoms with E-state index in [0.29, 0.717) is 0 Å². The quantitative estimate of drug-likeness (QED) is 0.585. The van der Waals surface area contributed by atoms with Crippen molar-refractivity contribution in [1.82, 2.24) is 0 Å². The van der Waals surface area contributed by atoms with Crippen molar-refractivity contribution in [3.8, 4) is 0 Å². The summed E-state index contributed by atoms with van der Waals surface area (Å²) in [6.45, 7) is 0. The van der Waals surface area contributed by atoms with Gasteiger partial charge in [-0.1, -0.05) is 18.2 Å². The largest absolute Gasteiger partial charge is 0.475 e. The van der Waals surface area contributed by atoms with E-state index in [0.717, 1.165) is 12.2 Å². The molecule has 0 unspecified atom stereocenters. The summed E-state index contributed by atoms with van der Waals surface area (Å²) in [6, 6.07) is 5.77. The normalized spacial score (nSPS) is 10.4. The lowest BCUT2D eigenvalue weighted by Crippen LogP contribution is -2.08. The molecular weight excluding hydrogens is 187 g/mol. The highest BCUT2D eigenvalue weighted by Gasteiger charge is 2.06. The van der Waals surface area contributed by atoms with E-state index in [9.17, 15) is 14.0 Å². The second-order valence-corrected chi connectivity index (χ2v) is 2.52. The third kappa shape index (κ3) is 2.52. The first-order chi connectivity index (χ1) is 6.61. The van der Waals surface area contributed by atoms with Crippen LogP contribution in [0.4, 0.5) is 4.39 Å². The van der Waals surface area contributed by atoms with E-state index in [1.165, 1.54) is 18.2 Å². The monoisotopic (exact) mass is 194 g/mol. The Labute approximate surface area is 79.5 Å². The SMILES string of the molecule is O=C(O)C(=O)/C=C/c1ccccc1F. The molecule has 0 spiro atoms. The summed E-state index contributed by atoms with van der Waals surface area (Å²) >= 11 is 0. The van der Waals surface area contributed by atoms with Crippen molar-refractivity contribution >= 4 is 17.8 Å². The Morgan fingerprint density at radius 3 is 2.50 bits per heavy atom. The molecule has 0 bridgehead atoms. The predicted molar refractivity (Wildman–Crippen MR) is 48.1 cm³/mol. The molecule has 0 aliphatic carbocycles. The van der Waals surface area contributed by atoms with Gasteiger partial charge in [-0.3, -0.25) is 4.79 Å². The van der Waals surface area contributed by atoms with E-state index in [1.54, 1.807) is 6.07 Å².